The van der Waals surface area contributed by atoms with Gasteiger partial charge in [-0.05, 0) is 31.3 Å². The average molecular weight is 405 g/mol. The number of non-ortho nitro benzene ring substituents is 1. The van der Waals surface area contributed by atoms with Crippen molar-refractivity contribution in [1.82, 2.24) is 14.9 Å². The van der Waals surface area contributed by atoms with E-state index in [2.05, 4.69) is 15.3 Å². The smallest absolute Gasteiger partial charge is 0.270 e. The largest absolute Gasteiger partial charge is 0.455 e. The minimum absolute atomic E-state index is 0.00144. The summed E-state index contributed by atoms with van der Waals surface area (Å²) >= 11 is 5.27. The molecule has 2 aromatic carbocycles. The highest BCUT2D eigenvalue weighted by atomic mass is 32.1. The van der Waals surface area contributed by atoms with Crippen LogP contribution in [0.5, 0.6) is 0 Å². The topological polar surface area (TPSA) is 102 Å². The molecule has 4 aromatic rings. The summed E-state index contributed by atoms with van der Waals surface area (Å²) in [6.45, 7) is 2.01. The number of nitro groups is 1. The number of furan rings is 1. The van der Waals surface area contributed by atoms with Gasteiger partial charge in [-0.2, -0.15) is 14.9 Å². The van der Waals surface area contributed by atoms with Gasteiger partial charge in [-0.15, -0.1) is 0 Å². The van der Waals surface area contributed by atoms with E-state index in [4.69, 9.17) is 16.6 Å². The fourth-order valence-corrected chi connectivity index (χ4v) is 2.93. The van der Waals surface area contributed by atoms with E-state index in [9.17, 15) is 10.1 Å². The Morgan fingerprint density at radius 1 is 1.17 bits per heavy atom. The van der Waals surface area contributed by atoms with Crippen molar-refractivity contribution in [1.29, 1.82) is 0 Å². The van der Waals surface area contributed by atoms with Crippen molar-refractivity contribution in [2.45, 2.75) is 6.92 Å². The van der Waals surface area contributed by atoms with Crippen molar-refractivity contribution in [2.75, 3.05) is 0 Å². The fourth-order valence-electron chi connectivity index (χ4n) is 2.75. The van der Waals surface area contributed by atoms with Crippen molar-refractivity contribution < 1.29 is 9.34 Å². The Hall–Kier alpha value is -3.85. The Morgan fingerprint density at radius 3 is 2.72 bits per heavy atom. The monoisotopic (exact) mass is 405 g/mol. The molecule has 0 spiro atoms. The third-order valence-corrected chi connectivity index (χ3v) is 4.49. The number of nitrogens with one attached hydrogen (secondary N) is 1. The van der Waals surface area contributed by atoms with Crippen LogP contribution in [0.3, 0.4) is 0 Å². The lowest BCUT2D eigenvalue weighted by Crippen LogP contribution is -1.94. The van der Waals surface area contributed by atoms with Crippen LogP contribution in [0.2, 0.25) is 0 Å². The maximum absolute atomic E-state index is 11.0. The Kier molecular flexibility index (Phi) is 4.88. The van der Waals surface area contributed by atoms with E-state index < -0.39 is 4.92 Å². The predicted octanol–water partition coefficient (Wildman–Crippen LogP) is 4.97. The maximum atomic E-state index is 11.0. The number of nitrogens with zero attached hydrogens (tertiary/aromatic N) is 4. The first-order chi connectivity index (χ1) is 14.0. The normalized spacial score (nSPS) is 11.2. The molecule has 144 valence electrons. The van der Waals surface area contributed by atoms with Crippen molar-refractivity contribution >= 4 is 24.1 Å². The Balaban J connectivity index is 1.62. The second-order valence-corrected chi connectivity index (χ2v) is 6.67. The molecule has 0 bridgehead atoms. The van der Waals surface area contributed by atoms with Crippen LogP contribution < -0.4 is 0 Å². The number of aromatic amines is 1. The molecule has 1 N–H and O–H groups in total. The van der Waals surface area contributed by atoms with E-state index >= 15 is 0 Å². The third-order valence-electron chi connectivity index (χ3n) is 4.23. The lowest BCUT2D eigenvalue weighted by Gasteiger charge is -2.01. The van der Waals surface area contributed by atoms with E-state index in [1.165, 1.54) is 23.0 Å². The molecular formula is C20H15N5O3S. The number of benzene rings is 2. The van der Waals surface area contributed by atoms with Crippen LogP contribution in [0, 0.1) is 21.8 Å². The zero-order valence-corrected chi connectivity index (χ0v) is 16.1. The van der Waals surface area contributed by atoms with Gasteiger partial charge in [-0.25, -0.2) is 5.10 Å². The zero-order valence-electron chi connectivity index (χ0n) is 15.3. The van der Waals surface area contributed by atoms with Crippen LogP contribution in [-0.4, -0.2) is 26.0 Å². The lowest BCUT2D eigenvalue weighted by atomic mass is 10.1. The summed E-state index contributed by atoms with van der Waals surface area (Å²) < 4.78 is 7.61. The second kappa shape index (κ2) is 7.64. The molecule has 4 rings (SSSR count). The van der Waals surface area contributed by atoms with Crippen molar-refractivity contribution in [3.05, 3.63) is 86.9 Å². The second-order valence-electron chi connectivity index (χ2n) is 6.28. The van der Waals surface area contributed by atoms with Gasteiger partial charge in [-0.3, -0.25) is 10.1 Å². The summed E-state index contributed by atoms with van der Waals surface area (Å²) in [5.74, 6) is 1.56. The molecule has 0 fully saturated rings. The average Bonchev–Trinajstić information content (AvgIpc) is 3.34. The van der Waals surface area contributed by atoms with Crippen LogP contribution in [0.4, 0.5) is 5.69 Å². The number of hydrogen-bond donors (Lipinski definition) is 1. The summed E-state index contributed by atoms with van der Waals surface area (Å²) in [7, 11) is 0. The molecule has 0 amide bonds. The molecule has 2 heterocycles. The standard InChI is InChI=1S/C20H15N5O3S/c1-13-5-7-14(8-6-13)19-22-23-20(29)24(19)21-12-17-9-10-18(28-17)15-3-2-4-16(11-15)25(26)27/h2-12H,1H3,(H,23,29). The molecule has 0 saturated carbocycles. The van der Waals surface area contributed by atoms with Crippen molar-refractivity contribution in [3.8, 4) is 22.7 Å². The lowest BCUT2D eigenvalue weighted by molar-refractivity contribution is -0.384. The van der Waals surface area contributed by atoms with Gasteiger partial charge in [0.2, 0.25) is 4.77 Å². The molecule has 0 saturated heterocycles. The molecule has 0 aliphatic rings. The Morgan fingerprint density at radius 2 is 1.97 bits per heavy atom. The van der Waals surface area contributed by atoms with Crippen LogP contribution >= 0.6 is 12.2 Å². The molecule has 9 heteroatoms. The summed E-state index contributed by atoms with van der Waals surface area (Å²) in [6, 6.07) is 17.6. The van der Waals surface area contributed by atoms with Gasteiger partial charge in [0.15, 0.2) is 5.82 Å². The van der Waals surface area contributed by atoms with Crippen LogP contribution in [-0.2, 0) is 0 Å². The van der Waals surface area contributed by atoms with Gasteiger partial charge in [0, 0.05) is 23.3 Å². The minimum Gasteiger partial charge on any atom is -0.455 e. The number of H-pyrrole nitrogens is 1. The molecular weight excluding hydrogens is 390 g/mol. The van der Waals surface area contributed by atoms with E-state index in [0.717, 1.165) is 11.1 Å². The maximum Gasteiger partial charge on any atom is 0.270 e. The van der Waals surface area contributed by atoms with E-state index in [1.807, 2.05) is 31.2 Å². The highest BCUT2D eigenvalue weighted by Gasteiger charge is 2.11. The molecule has 0 aliphatic heterocycles. The summed E-state index contributed by atoms with van der Waals surface area (Å²) in [6.07, 6.45) is 1.52. The molecule has 0 unspecified atom stereocenters. The van der Waals surface area contributed by atoms with Crippen molar-refractivity contribution in [2.24, 2.45) is 5.10 Å². The Bertz CT molecular complexity index is 1270. The van der Waals surface area contributed by atoms with Gasteiger partial charge in [0.1, 0.15) is 11.5 Å². The van der Waals surface area contributed by atoms with Crippen LogP contribution in [0.25, 0.3) is 22.7 Å². The highest BCUT2D eigenvalue weighted by molar-refractivity contribution is 7.71. The molecule has 8 nitrogen and oxygen atoms in total. The van der Waals surface area contributed by atoms with Crippen LogP contribution in [0.15, 0.2) is 70.2 Å². The summed E-state index contributed by atoms with van der Waals surface area (Å²) in [5.41, 5.74) is 2.62. The third kappa shape index (κ3) is 3.90. The SMILES string of the molecule is Cc1ccc(-c2n[nH]c(=S)n2N=Cc2ccc(-c3cccc([N+](=O)[O-])c3)o2)cc1. The Labute approximate surface area is 170 Å². The van der Waals surface area contributed by atoms with E-state index in [1.54, 1.807) is 24.3 Å². The quantitative estimate of drug-likeness (QED) is 0.219. The molecule has 0 radical (unpaired) electrons. The predicted molar refractivity (Wildman–Crippen MR) is 111 cm³/mol. The first-order valence-electron chi connectivity index (χ1n) is 8.65. The fraction of sp³-hybridized carbons (Fsp3) is 0.0500. The van der Waals surface area contributed by atoms with Crippen molar-refractivity contribution in [3.63, 3.8) is 0 Å². The van der Waals surface area contributed by atoms with E-state index in [-0.39, 0.29) is 5.69 Å². The summed E-state index contributed by atoms with van der Waals surface area (Å²) in [5, 5.41) is 22.3. The molecule has 0 aliphatic carbocycles. The van der Waals surface area contributed by atoms with Gasteiger partial charge >= 0.3 is 0 Å². The number of nitro benzene ring substituents is 1. The minimum atomic E-state index is -0.442. The number of aromatic nitrogens is 3. The molecule has 0 atom stereocenters. The van der Waals surface area contributed by atoms with Gasteiger partial charge < -0.3 is 4.42 Å². The zero-order chi connectivity index (χ0) is 20.4. The number of aryl methyl sites for hydroxylation is 1. The van der Waals surface area contributed by atoms with Gasteiger partial charge in [0.05, 0.1) is 11.1 Å². The van der Waals surface area contributed by atoms with Gasteiger partial charge in [0.25, 0.3) is 5.69 Å². The molecule has 2 aromatic heterocycles. The molecule has 29 heavy (non-hydrogen) atoms. The first kappa shape index (κ1) is 18.5. The highest BCUT2D eigenvalue weighted by Crippen LogP contribution is 2.25. The first-order valence-corrected chi connectivity index (χ1v) is 9.05. The van der Waals surface area contributed by atoms with Crippen LogP contribution in [0.1, 0.15) is 11.3 Å². The number of rotatable bonds is 5. The van der Waals surface area contributed by atoms with Gasteiger partial charge in [-0.1, -0.05) is 42.0 Å². The number of hydrogen-bond acceptors (Lipinski definition) is 6. The summed E-state index contributed by atoms with van der Waals surface area (Å²) in [4.78, 5) is 10.5. The van der Waals surface area contributed by atoms with E-state index in [0.29, 0.717) is 27.7 Å².